The standard InChI is InChI=1S/C21H34BrN5O4S.ClH/c1-2-3-4-5-6-7-8-14-32(30,31)27-18-11-10-16(22)15-17(18)19(28)20(29)25-12-9-13-26-21(23)24;/h10-11,15,27H,2-9,12-14H2,1H3,(H,25,29)(H4,23,24,26);1H. The number of carbonyl (C=O) groups excluding carboxylic acids is 2. The highest BCUT2D eigenvalue weighted by atomic mass is 79.9. The number of sulfonamides is 1. The molecule has 9 nitrogen and oxygen atoms in total. The Labute approximate surface area is 211 Å². The van der Waals surface area contributed by atoms with Crippen LogP contribution in [-0.4, -0.2) is 44.9 Å². The number of benzene rings is 1. The Morgan fingerprint density at radius 2 is 1.67 bits per heavy atom. The largest absolute Gasteiger partial charge is 0.370 e. The summed E-state index contributed by atoms with van der Waals surface area (Å²) in [6.07, 6.45) is 7.47. The van der Waals surface area contributed by atoms with Crippen molar-refractivity contribution in [1.29, 1.82) is 0 Å². The van der Waals surface area contributed by atoms with E-state index in [0.717, 1.165) is 19.3 Å². The Morgan fingerprint density at radius 3 is 2.30 bits per heavy atom. The number of hydrogen-bond acceptors (Lipinski definition) is 5. The lowest BCUT2D eigenvalue weighted by Crippen LogP contribution is -2.33. The second-order valence-corrected chi connectivity index (χ2v) is 10.2. The highest BCUT2D eigenvalue weighted by molar-refractivity contribution is 9.10. The van der Waals surface area contributed by atoms with Crippen molar-refractivity contribution < 1.29 is 18.0 Å². The van der Waals surface area contributed by atoms with Crippen LogP contribution in [0.25, 0.3) is 0 Å². The topological polar surface area (TPSA) is 157 Å². The third-order valence-corrected chi connectivity index (χ3v) is 6.48. The van der Waals surface area contributed by atoms with E-state index in [0.29, 0.717) is 23.9 Å². The van der Waals surface area contributed by atoms with Crippen molar-refractivity contribution in [3.8, 4) is 0 Å². The minimum absolute atomic E-state index is 0. The maximum absolute atomic E-state index is 12.6. The highest BCUT2D eigenvalue weighted by Crippen LogP contribution is 2.23. The average molecular weight is 569 g/mol. The first-order valence-corrected chi connectivity index (χ1v) is 13.3. The predicted octanol–water partition coefficient (Wildman–Crippen LogP) is 3.33. The Bertz CT molecular complexity index is 893. The quantitative estimate of drug-likeness (QED) is 0.0787. The Balaban J connectivity index is 0.0000102. The van der Waals surface area contributed by atoms with Gasteiger partial charge >= 0.3 is 0 Å². The maximum atomic E-state index is 12.6. The minimum Gasteiger partial charge on any atom is -0.370 e. The number of aliphatic imine (C=N–C) groups is 1. The van der Waals surface area contributed by atoms with Gasteiger partial charge in [0.2, 0.25) is 10.0 Å². The summed E-state index contributed by atoms with van der Waals surface area (Å²) in [5.74, 6) is -1.75. The first-order chi connectivity index (χ1) is 15.2. The van der Waals surface area contributed by atoms with Crippen molar-refractivity contribution in [1.82, 2.24) is 5.32 Å². The van der Waals surface area contributed by atoms with Crippen molar-refractivity contribution in [3.63, 3.8) is 0 Å². The Kier molecular flexibility index (Phi) is 15.8. The molecule has 0 unspecified atom stereocenters. The number of nitrogens with two attached hydrogens (primary N) is 2. The van der Waals surface area contributed by atoms with E-state index in [4.69, 9.17) is 11.5 Å². The summed E-state index contributed by atoms with van der Waals surface area (Å²) in [5.41, 5.74) is 10.5. The number of unbranched alkanes of at least 4 members (excludes halogenated alkanes) is 6. The second kappa shape index (κ2) is 16.7. The van der Waals surface area contributed by atoms with E-state index in [1.807, 2.05) is 0 Å². The number of nitrogens with one attached hydrogen (secondary N) is 2. The molecule has 0 radical (unpaired) electrons. The highest BCUT2D eigenvalue weighted by Gasteiger charge is 2.22. The van der Waals surface area contributed by atoms with Crippen LogP contribution in [0.2, 0.25) is 0 Å². The molecule has 0 aliphatic carbocycles. The fourth-order valence-electron chi connectivity index (χ4n) is 2.95. The molecular formula is C21H35BrClN5O4S. The Hall–Kier alpha value is -1.85. The number of guanidine groups is 1. The summed E-state index contributed by atoms with van der Waals surface area (Å²) >= 11 is 3.26. The van der Waals surface area contributed by atoms with Crippen LogP contribution in [0.4, 0.5) is 5.69 Å². The van der Waals surface area contributed by atoms with E-state index < -0.39 is 21.7 Å². The molecule has 6 N–H and O–H groups in total. The van der Waals surface area contributed by atoms with Crippen LogP contribution >= 0.6 is 28.3 Å². The molecule has 0 atom stereocenters. The number of anilines is 1. The van der Waals surface area contributed by atoms with E-state index in [1.165, 1.54) is 31.4 Å². The van der Waals surface area contributed by atoms with Crippen molar-refractivity contribution >= 4 is 61.7 Å². The molecule has 0 heterocycles. The molecule has 1 aromatic carbocycles. The fourth-order valence-corrected chi connectivity index (χ4v) is 4.51. The third-order valence-electron chi connectivity index (χ3n) is 4.63. The number of nitrogens with zero attached hydrogens (tertiary/aromatic N) is 1. The fraction of sp³-hybridized carbons (Fsp3) is 0.571. The molecule has 0 aromatic heterocycles. The maximum Gasteiger partial charge on any atom is 0.292 e. The first kappa shape index (κ1) is 31.1. The average Bonchev–Trinajstić information content (AvgIpc) is 2.73. The summed E-state index contributed by atoms with van der Waals surface area (Å²) in [5, 5.41) is 2.50. The van der Waals surface area contributed by atoms with Gasteiger partial charge in [0.25, 0.3) is 11.7 Å². The zero-order chi connectivity index (χ0) is 24.0. The number of hydrogen-bond donors (Lipinski definition) is 4. The minimum atomic E-state index is -3.65. The van der Waals surface area contributed by atoms with Gasteiger partial charge in [0, 0.05) is 17.6 Å². The van der Waals surface area contributed by atoms with Gasteiger partial charge in [-0.05, 0) is 31.0 Å². The van der Waals surface area contributed by atoms with Crippen LogP contribution in [0.15, 0.2) is 27.7 Å². The number of carbonyl (C=O) groups is 2. The van der Waals surface area contributed by atoms with Gasteiger partial charge in [0.1, 0.15) is 0 Å². The molecule has 188 valence electrons. The van der Waals surface area contributed by atoms with Crippen molar-refractivity contribution in [2.45, 2.75) is 58.3 Å². The lowest BCUT2D eigenvalue weighted by Gasteiger charge is -2.13. The van der Waals surface area contributed by atoms with Crippen LogP contribution in [-0.2, 0) is 14.8 Å². The normalized spacial score (nSPS) is 10.7. The smallest absolute Gasteiger partial charge is 0.292 e. The molecule has 0 fully saturated rings. The molecule has 1 aromatic rings. The van der Waals surface area contributed by atoms with Gasteiger partial charge < -0.3 is 16.8 Å². The first-order valence-electron chi connectivity index (χ1n) is 10.8. The zero-order valence-electron chi connectivity index (χ0n) is 18.9. The molecule has 0 bridgehead atoms. The van der Waals surface area contributed by atoms with E-state index in [2.05, 4.69) is 37.9 Å². The van der Waals surface area contributed by atoms with Crippen molar-refractivity contribution in [2.24, 2.45) is 16.5 Å². The van der Waals surface area contributed by atoms with Crippen molar-refractivity contribution in [3.05, 3.63) is 28.2 Å². The lowest BCUT2D eigenvalue weighted by molar-refractivity contribution is -0.117. The molecule has 0 spiro atoms. The third kappa shape index (κ3) is 13.4. The van der Waals surface area contributed by atoms with Gasteiger partial charge in [-0.1, -0.05) is 61.4 Å². The SMILES string of the molecule is CCCCCCCCCS(=O)(=O)Nc1ccc(Br)cc1C(=O)C(=O)NCCCN=C(N)N.Cl. The van der Waals surface area contributed by atoms with Gasteiger partial charge in [-0.2, -0.15) is 0 Å². The van der Waals surface area contributed by atoms with E-state index in [-0.39, 0.29) is 41.9 Å². The summed E-state index contributed by atoms with van der Waals surface area (Å²) in [4.78, 5) is 28.7. The number of halogens is 2. The van der Waals surface area contributed by atoms with Gasteiger partial charge in [-0.15, -0.1) is 12.4 Å². The number of ketones is 1. The Morgan fingerprint density at radius 1 is 1.03 bits per heavy atom. The molecule has 0 saturated heterocycles. The summed E-state index contributed by atoms with van der Waals surface area (Å²) in [6, 6.07) is 4.49. The monoisotopic (exact) mass is 567 g/mol. The number of Topliss-reactive ketones (excluding diaryl/α,β-unsaturated/α-hetero) is 1. The number of amides is 1. The molecule has 33 heavy (non-hydrogen) atoms. The van der Waals surface area contributed by atoms with Crippen LogP contribution in [0, 0.1) is 0 Å². The van der Waals surface area contributed by atoms with Gasteiger partial charge in [-0.25, -0.2) is 8.42 Å². The van der Waals surface area contributed by atoms with Crippen LogP contribution < -0.4 is 21.5 Å². The van der Waals surface area contributed by atoms with Crippen LogP contribution in [0.1, 0.15) is 68.6 Å². The zero-order valence-corrected chi connectivity index (χ0v) is 22.2. The summed E-state index contributed by atoms with van der Waals surface area (Å²) < 4.78 is 28.0. The second-order valence-electron chi connectivity index (χ2n) is 7.48. The molecule has 0 aliphatic heterocycles. The van der Waals surface area contributed by atoms with Gasteiger partial charge in [0.05, 0.1) is 17.0 Å². The summed E-state index contributed by atoms with van der Waals surface area (Å²) in [6.45, 7) is 2.67. The van der Waals surface area contributed by atoms with Crippen molar-refractivity contribution in [2.75, 3.05) is 23.6 Å². The molecule has 1 amide bonds. The molecule has 0 saturated carbocycles. The lowest BCUT2D eigenvalue weighted by atomic mass is 10.1. The summed E-state index contributed by atoms with van der Waals surface area (Å²) in [7, 11) is -3.65. The van der Waals surface area contributed by atoms with Gasteiger partial charge in [0.15, 0.2) is 5.96 Å². The van der Waals surface area contributed by atoms with Crippen LogP contribution in [0.3, 0.4) is 0 Å². The number of rotatable bonds is 16. The molecule has 0 aliphatic rings. The van der Waals surface area contributed by atoms with E-state index in [1.54, 1.807) is 6.07 Å². The molecule has 12 heteroatoms. The van der Waals surface area contributed by atoms with Gasteiger partial charge in [-0.3, -0.25) is 19.3 Å². The van der Waals surface area contributed by atoms with E-state index in [9.17, 15) is 18.0 Å². The van der Waals surface area contributed by atoms with E-state index >= 15 is 0 Å². The predicted molar refractivity (Wildman–Crippen MR) is 139 cm³/mol. The molecule has 1 rings (SSSR count). The van der Waals surface area contributed by atoms with Crippen LogP contribution in [0.5, 0.6) is 0 Å². The molecular weight excluding hydrogens is 534 g/mol.